The number of aliphatic hydroxyl groups is 1. The Morgan fingerprint density at radius 3 is 2.63 bits per heavy atom. The fourth-order valence-electron chi connectivity index (χ4n) is 3.31. The summed E-state index contributed by atoms with van der Waals surface area (Å²) in [6.07, 6.45) is 4.39. The quantitative estimate of drug-likeness (QED) is 0.904. The minimum absolute atomic E-state index is 0.284. The van der Waals surface area contributed by atoms with E-state index in [1.165, 1.54) is 31.6 Å². The SMILES string of the molecule is OC1CCCN(CCN2CCCC2)c2ccccc21. The van der Waals surface area contributed by atoms with Crippen LogP contribution >= 0.6 is 0 Å². The zero-order valence-corrected chi connectivity index (χ0v) is 11.6. The van der Waals surface area contributed by atoms with E-state index >= 15 is 0 Å². The molecule has 2 heterocycles. The van der Waals surface area contributed by atoms with Gasteiger partial charge in [-0.25, -0.2) is 0 Å². The second-order valence-corrected chi connectivity index (χ2v) is 5.75. The largest absolute Gasteiger partial charge is 0.388 e. The van der Waals surface area contributed by atoms with E-state index in [0.29, 0.717) is 0 Å². The zero-order chi connectivity index (χ0) is 13.1. The van der Waals surface area contributed by atoms with Crippen molar-refractivity contribution in [3.05, 3.63) is 29.8 Å². The van der Waals surface area contributed by atoms with E-state index in [9.17, 15) is 5.11 Å². The van der Waals surface area contributed by atoms with E-state index in [4.69, 9.17) is 0 Å². The molecule has 104 valence electrons. The molecule has 1 aromatic rings. The molecule has 1 unspecified atom stereocenters. The average molecular weight is 260 g/mol. The van der Waals surface area contributed by atoms with Crippen LogP contribution in [-0.2, 0) is 0 Å². The normalized spacial score (nSPS) is 24.3. The first-order valence-corrected chi connectivity index (χ1v) is 7.59. The highest BCUT2D eigenvalue weighted by Gasteiger charge is 2.21. The number of hydrogen-bond acceptors (Lipinski definition) is 3. The molecule has 1 saturated heterocycles. The number of anilines is 1. The van der Waals surface area contributed by atoms with Gasteiger partial charge in [0.15, 0.2) is 0 Å². The van der Waals surface area contributed by atoms with Crippen molar-refractivity contribution in [1.82, 2.24) is 4.90 Å². The van der Waals surface area contributed by atoms with Crippen molar-refractivity contribution in [2.45, 2.75) is 31.8 Å². The second-order valence-electron chi connectivity index (χ2n) is 5.75. The topological polar surface area (TPSA) is 26.7 Å². The molecule has 0 spiro atoms. The number of nitrogens with zero attached hydrogens (tertiary/aromatic N) is 2. The third-order valence-corrected chi connectivity index (χ3v) is 4.43. The molecule has 3 rings (SSSR count). The molecule has 1 N–H and O–H groups in total. The highest BCUT2D eigenvalue weighted by Crippen LogP contribution is 2.32. The van der Waals surface area contributed by atoms with Gasteiger partial charge in [-0.2, -0.15) is 0 Å². The molecular weight excluding hydrogens is 236 g/mol. The summed E-state index contributed by atoms with van der Waals surface area (Å²) in [5.74, 6) is 0. The van der Waals surface area contributed by atoms with Crippen LogP contribution in [-0.4, -0.2) is 42.7 Å². The lowest BCUT2D eigenvalue weighted by atomic mass is 10.0. The van der Waals surface area contributed by atoms with Crippen molar-refractivity contribution >= 4 is 5.69 Å². The minimum atomic E-state index is -0.284. The molecule has 2 aliphatic heterocycles. The van der Waals surface area contributed by atoms with E-state index in [0.717, 1.165) is 38.0 Å². The Labute approximate surface area is 115 Å². The first-order chi connectivity index (χ1) is 9.34. The summed E-state index contributed by atoms with van der Waals surface area (Å²) >= 11 is 0. The van der Waals surface area contributed by atoms with Gasteiger partial charge in [0.1, 0.15) is 0 Å². The molecule has 0 radical (unpaired) electrons. The Morgan fingerprint density at radius 1 is 1.00 bits per heavy atom. The van der Waals surface area contributed by atoms with Crippen molar-refractivity contribution in [2.75, 3.05) is 37.6 Å². The summed E-state index contributed by atoms with van der Waals surface area (Å²) in [6, 6.07) is 8.35. The summed E-state index contributed by atoms with van der Waals surface area (Å²) in [5, 5.41) is 10.2. The highest BCUT2D eigenvalue weighted by molar-refractivity contribution is 5.55. The molecule has 2 aliphatic rings. The lowest BCUT2D eigenvalue weighted by Gasteiger charge is -2.27. The molecule has 3 nitrogen and oxygen atoms in total. The van der Waals surface area contributed by atoms with Crippen LogP contribution in [0.4, 0.5) is 5.69 Å². The highest BCUT2D eigenvalue weighted by atomic mass is 16.3. The van der Waals surface area contributed by atoms with Gasteiger partial charge >= 0.3 is 0 Å². The second kappa shape index (κ2) is 5.93. The predicted molar refractivity (Wildman–Crippen MR) is 78.5 cm³/mol. The Morgan fingerprint density at radius 2 is 1.79 bits per heavy atom. The molecule has 1 atom stereocenters. The third kappa shape index (κ3) is 2.93. The summed E-state index contributed by atoms with van der Waals surface area (Å²) in [7, 11) is 0. The molecule has 3 heteroatoms. The van der Waals surface area contributed by atoms with Gasteiger partial charge in [0.05, 0.1) is 6.10 Å². The monoisotopic (exact) mass is 260 g/mol. The summed E-state index contributed by atoms with van der Waals surface area (Å²) in [4.78, 5) is 5.02. The van der Waals surface area contributed by atoms with E-state index in [-0.39, 0.29) is 6.10 Å². The summed E-state index contributed by atoms with van der Waals surface area (Å²) < 4.78 is 0. The molecular formula is C16H24N2O. The lowest BCUT2D eigenvalue weighted by Crippen LogP contribution is -2.34. The maximum atomic E-state index is 10.2. The van der Waals surface area contributed by atoms with Gasteiger partial charge in [-0.1, -0.05) is 18.2 Å². The van der Waals surface area contributed by atoms with E-state index in [2.05, 4.69) is 28.0 Å². The van der Waals surface area contributed by atoms with Crippen molar-refractivity contribution in [2.24, 2.45) is 0 Å². The smallest absolute Gasteiger partial charge is 0.0810 e. The van der Waals surface area contributed by atoms with Crippen LogP contribution in [0.1, 0.15) is 37.4 Å². The Kier molecular flexibility index (Phi) is 4.04. The lowest BCUT2D eigenvalue weighted by molar-refractivity contribution is 0.168. The van der Waals surface area contributed by atoms with Crippen molar-refractivity contribution in [1.29, 1.82) is 0 Å². The molecule has 1 fully saturated rings. The first-order valence-electron chi connectivity index (χ1n) is 7.59. The maximum Gasteiger partial charge on any atom is 0.0810 e. The van der Waals surface area contributed by atoms with E-state index in [1.54, 1.807) is 0 Å². The van der Waals surface area contributed by atoms with E-state index < -0.39 is 0 Å². The fourth-order valence-corrected chi connectivity index (χ4v) is 3.31. The van der Waals surface area contributed by atoms with Crippen LogP contribution in [0.3, 0.4) is 0 Å². The molecule has 0 aliphatic carbocycles. The van der Waals surface area contributed by atoms with Gasteiger partial charge in [-0.15, -0.1) is 0 Å². The number of hydrogen-bond donors (Lipinski definition) is 1. The molecule has 1 aromatic carbocycles. The van der Waals surface area contributed by atoms with Gasteiger partial charge < -0.3 is 14.9 Å². The standard InChI is InChI=1S/C16H24N2O/c19-16-8-5-11-18(13-12-17-9-3-4-10-17)15-7-2-1-6-14(15)16/h1-2,6-7,16,19H,3-5,8-13H2. The Bertz CT molecular complexity index is 415. The Balaban J connectivity index is 1.71. The van der Waals surface area contributed by atoms with Gasteiger partial charge in [0.2, 0.25) is 0 Å². The van der Waals surface area contributed by atoms with E-state index in [1.807, 2.05) is 6.07 Å². The number of benzene rings is 1. The van der Waals surface area contributed by atoms with Crippen molar-refractivity contribution in [3.8, 4) is 0 Å². The van der Waals surface area contributed by atoms with Crippen molar-refractivity contribution in [3.63, 3.8) is 0 Å². The zero-order valence-electron chi connectivity index (χ0n) is 11.6. The summed E-state index contributed by atoms with van der Waals surface area (Å²) in [5.41, 5.74) is 2.35. The van der Waals surface area contributed by atoms with Crippen LogP contribution in [0.15, 0.2) is 24.3 Å². The van der Waals surface area contributed by atoms with Crippen LogP contribution in [0, 0.1) is 0 Å². The number of aliphatic hydroxyl groups excluding tert-OH is 1. The number of rotatable bonds is 3. The molecule has 19 heavy (non-hydrogen) atoms. The molecule has 0 bridgehead atoms. The average Bonchev–Trinajstić information content (AvgIpc) is 2.90. The predicted octanol–water partition coefficient (Wildman–Crippen LogP) is 2.42. The summed E-state index contributed by atoms with van der Waals surface area (Å²) in [6.45, 7) is 5.84. The van der Waals surface area contributed by atoms with Gasteiger partial charge in [0.25, 0.3) is 0 Å². The Hall–Kier alpha value is -1.06. The first kappa shape index (κ1) is 12.9. The van der Waals surface area contributed by atoms with Gasteiger partial charge in [0, 0.05) is 30.9 Å². The van der Waals surface area contributed by atoms with Gasteiger partial charge in [-0.3, -0.25) is 0 Å². The maximum absolute atomic E-state index is 10.2. The number of likely N-dealkylation sites (tertiary alicyclic amines) is 1. The molecule has 0 saturated carbocycles. The minimum Gasteiger partial charge on any atom is -0.388 e. The third-order valence-electron chi connectivity index (χ3n) is 4.43. The molecule has 0 aromatic heterocycles. The van der Waals surface area contributed by atoms with Crippen LogP contribution in [0.25, 0.3) is 0 Å². The van der Waals surface area contributed by atoms with Crippen LogP contribution < -0.4 is 4.90 Å². The van der Waals surface area contributed by atoms with Crippen molar-refractivity contribution < 1.29 is 5.11 Å². The van der Waals surface area contributed by atoms with Crippen LogP contribution in [0.2, 0.25) is 0 Å². The number of fused-ring (bicyclic) bond motifs is 1. The van der Waals surface area contributed by atoms with Gasteiger partial charge in [-0.05, 0) is 44.8 Å². The fraction of sp³-hybridized carbons (Fsp3) is 0.625. The number of para-hydroxylation sites is 1. The molecule has 0 amide bonds. The van der Waals surface area contributed by atoms with Crippen LogP contribution in [0.5, 0.6) is 0 Å².